The van der Waals surface area contributed by atoms with E-state index in [9.17, 15) is 13.2 Å². The molecule has 25 heavy (non-hydrogen) atoms. The van der Waals surface area contributed by atoms with Gasteiger partial charge in [0.05, 0.1) is 10.3 Å². The lowest BCUT2D eigenvalue weighted by Crippen LogP contribution is -2.22. The predicted octanol–water partition coefficient (Wildman–Crippen LogP) is 3.26. The Morgan fingerprint density at radius 3 is 2.28 bits per heavy atom. The molecule has 5 nitrogen and oxygen atoms in total. The Bertz CT molecular complexity index is 830. The van der Waals surface area contributed by atoms with Crippen molar-refractivity contribution in [2.24, 2.45) is 0 Å². The molecule has 0 bridgehead atoms. The fourth-order valence-electron chi connectivity index (χ4n) is 2.17. The Kier molecular flexibility index (Phi) is 6.37. The van der Waals surface area contributed by atoms with E-state index in [4.69, 9.17) is 0 Å². The van der Waals surface area contributed by atoms with Gasteiger partial charge in [0.2, 0.25) is 10.0 Å². The molecule has 2 rings (SSSR count). The van der Waals surface area contributed by atoms with Gasteiger partial charge in [-0.3, -0.25) is 4.79 Å². The van der Waals surface area contributed by atoms with Gasteiger partial charge in [0, 0.05) is 25.9 Å². The van der Waals surface area contributed by atoms with Crippen LogP contribution in [0.1, 0.15) is 29.8 Å². The standard InChI is InChI=1S/C18H22N2O3S2/c1-5-14-6-8-15(9-7-14)18(21)13(2)24-17-11-10-16(12-19-17)25(22,23)20(3)4/h6-13H,5H2,1-4H3/t13-/m0/s1. The molecule has 2 aromatic rings. The molecule has 1 aromatic carbocycles. The van der Waals surface area contributed by atoms with E-state index in [2.05, 4.69) is 11.9 Å². The molecule has 0 amide bonds. The monoisotopic (exact) mass is 378 g/mol. The highest BCUT2D eigenvalue weighted by Gasteiger charge is 2.20. The fraction of sp³-hybridized carbons (Fsp3) is 0.333. The number of hydrogen-bond donors (Lipinski definition) is 0. The summed E-state index contributed by atoms with van der Waals surface area (Å²) in [7, 11) is -0.544. The van der Waals surface area contributed by atoms with Crippen LogP contribution in [0.2, 0.25) is 0 Å². The lowest BCUT2D eigenvalue weighted by atomic mass is 10.1. The van der Waals surface area contributed by atoms with Gasteiger partial charge in [-0.15, -0.1) is 0 Å². The van der Waals surface area contributed by atoms with Crippen molar-refractivity contribution >= 4 is 27.6 Å². The van der Waals surface area contributed by atoms with Gasteiger partial charge in [0.15, 0.2) is 5.78 Å². The van der Waals surface area contributed by atoms with E-state index in [0.29, 0.717) is 10.6 Å². The number of carbonyl (C=O) groups excluding carboxylic acids is 1. The van der Waals surface area contributed by atoms with Crippen LogP contribution in [0.3, 0.4) is 0 Å². The summed E-state index contributed by atoms with van der Waals surface area (Å²) in [6.07, 6.45) is 2.26. The van der Waals surface area contributed by atoms with Gasteiger partial charge >= 0.3 is 0 Å². The SMILES string of the molecule is CCc1ccc(C(=O)[C@H](C)Sc2ccc(S(=O)(=O)N(C)C)cn2)cc1. The molecule has 0 aliphatic rings. The third kappa shape index (κ3) is 4.68. The summed E-state index contributed by atoms with van der Waals surface area (Å²) < 4.78 is 25.2. The van der Waals surface area contributed by atoms with Gasteiger partial charge in [-0.25, -0.2) is 17.7 Å². The fourth-order valence-corrected chi connectivity index (χ4v) is 3.89. The zero-order valence-corrected chi connectivity index (χ0v) is 16.4. The molecule has 134 valence electrons. The number of ketones is 1. The van der Waals surface area contributed by atoms with Crippen molar-refractivity contribution in [2.45, 2.75) is 35.4 Å². The third-order valence-electron chi connectivity index (χ3n) is 3.80. The predicted molar refractivity (Wildman–Crippen MR) is 101 cm³/mol. The Labute approximate surface area is 153 Å². The third-order valence-corrected chi connectivity index (χ3v) is 6.65. The molecule has 1 heterocycles. The lowest BCUT2D eigenvalue weighted by molar-refractivity contribution is 0.0994. The molecule has 1 aromatic heterocycles. The van der Waals surface area contributed by atoms with Gasteiger partial charge in [-0.1, -0.05) is 43.0 Å². The molecule has 0 unspecified atom stereocenters. The van der Waals surface area contributed by atoms with E-state index in [1.165, 1.54) is 43.7 Å². The normalized spacial score (nSPS) is 13.0. The van der Waals surface area contributed by atoms with E-state index in [1.54, 1.807) is 6.07 Å². The number of thioether (sulfide) groups is 1. The van der Waals surface area contributed by atoms with E-state index in [-0.39, 0.29) is 15.9 Å². The molecule has 0 fully saturated rings. The van der Waals surface area contributed by atoms with Crippen LogP contribution >= 0.6 is 11.8 Å². The molecule has 0 aliphatic heterocycles. The maximum absolute atomic E-state index is 12.5. The molecule has 1 atom stereocenters. The summed E-state index contributed by atoms with van der Waals surface area (Å²) in [4.78, 5) is 16.8. The van der Waals surface area contributed by atoms with Gasteiger partial charge < -0.3 is 0 Å². The largest absolute Gasteiger partial charge is 0.293 e. The summed E-state index contributed by atoms with van der Waals surface area (Å²) in [6.45, 7) is 3.90. The number of Topliss-reactive ketones (excluding diaryl/α,β-unsaturated/α-hetero) is 1. The number of aryl methyl sites for hydroxylation is 1. The molecule has 7 heteroatoms. The molecule has 0 saturated heterocycles. The first-order valence-electron chi connectivity index (χ1n) is 7.94. The molecule has 0 spiro atoms. The molecule has 0 aliphatic carbocycles. The summed E-state index contributed by atoms with van der Waals surface area (Å²) in [5, 5.41) is 0.306. The minimum atomic E-state index is -3.49. The van der Waals surface area contributed by atoms with Crippen molar-refractivity contribution in [1.29, 1.82) is 0 Å². The molecular formula is C18H22N2O3S2. The Morgan fingerprint density at radius 2 is 1.80 bits per heavy atom. The summed E-state index contributed by atoms with van der Waals surface area (Å²) in [5.41, 5.74) is 1.86. The first-order valence-corrected chi connectivity index (χ1v) is 10.3. The van der Waals surface area contributed by atoms with E-state index in [1.807, 2.05) is 31.2 Å². The molecule has 0 saturated carbocycles. The van der Waals surface area contributed by atoms with Crippen LogP contribution in [-0.2, 0) is 16.4 Å². The maximum atomic E-state index is 12.5. The topological polar surface area (TPSA) is 67.3 Å². The van der Waals surface area contributed by atoms with Crippen LogP contribution in [0.5, 0.6) is 0 Å². The number of aromatic nitrogens is 1. The van der Waals surface area contributed by atoms with Crippen molar-refractivity contribution in [3.63, 3.8) is 0 Å². The number of sulfonamides is 1. The Morgan fingerprint density at radius 1 is 1.16 bits per heavy atom. The van der Waals surface area contributed by atoms with E-state index < -0.39 is 10.0 Å². The number of benzene rings is 1. The molecule has 0 radical (unpaired) electrons. The number of hydrogen-bond acceptors (Lipinski definition) is 5. The number of carbonyl (C=O) groups is 1. The van der Waals surface area contributed by atoms with Crippen LogP contribution in [-0.4, -0.2) is 42.8 Å². The second kappa shape index (κ2) is 8.12. The quantitative estimate of drug-likeness (QED) is 0.546. The average molecular weight is 379 g/mol. The second-order valence-corrected chi connectivity index (χ2v) is 9.31. The maximum Gasteiger partial charge on any atom is 0.244 e. The number of nitrogens with zero attached hydrogens (tertiary/aromatic N) is 2. The molecule has 0 N–H and O–H groups in total. The second-order valence-electron chi connectivity index (χ2n) is 5.79. The smallest absolute Gasteiger partial charge is 0.244 e. The minimum absolute atomic E-state index is 0.0273. The van der Waals surface area contributed by atoms with Crippen molar-refractivity contribution in [3.8, 4) is 0 Å². The Balaban J connectivity index is 2.09. The van der Waals surface area contributed by atoms with E-state index >= 15 is 0 Å². The average Bonchev–Trinajstić information content (AvgIpc) is 2.61. The van der Waals surface area contributed by atoms with Gasteiger partial charge in [0.25, 0.3) is 0 Å². The van der Waals surface area contributed by atoms with Crippen molar-refractivity contribution in [2.75, 3.05) is 14.1 Å². The van der Waals surface area contributed by atoms with Crippen molar-refractivity contribution in [3.05, 3.63) is 53.7 Å². The highest BCUT2D eigenvalue weighted by Crippen LogP contribution is 2.25. The van der Waals surface area contributed by atoms with Gasteiger partial charge in [-0.05, 0) is 31.0 Å². The van der Waals surface area contributed by atoms with Crippen LogP contribution in [0, 0.1) is 0 Å². The van der Waals surface area contributed by atoms with Gasteiger partial charge in [-0.2, -0.15) is 0 Å². The van der Waals surface area contributed by atoms with Crippen LogP contribution < -0.4 is 0 Å². The van der Waals surface area contributed by atoms with Crippen LogP contribution in [0.4, 0.5) is 0 Å². The van der Waals surface area contributed by atoms with Crippen LogP contribution in [0.15, 0.2) is 52.5 Å². The highest BCUT2D eigenvalue weighted by molar-refractivity contribution is 8.00. The lowest BCUT2D eigenvalue weighted by Gasteiger charge is -2.12. The highest BCUT2D eigenvalue weighted by atomic mass is 32.2. The van der Waals surface area contributed by atoms with E-state index in [0.717, 1.165) is 10.7 Å². The zero-order chi connectivity index (χ0) is 18.6. The van der Waals surface area contributed by atoms with Crippen LogP contribution in [0.25, 0.3) is 0 Å². The van der Waals surface area contributed by atoms with Crippen molar-refractivity contribution < 1.29 is 13.2 Å². The zero-order valence-electron chi connectivity index (χ0n) is 14.8. The summed E-state index contributed by atoms with van der Waals surface area (Å²) >= 11 is 1.32. The van der Waals surface area contributed by atoms with Crippen molar-refractivity contribution in [1.82, 2.24) is 9.29 Å². The first kappa shape index (κ1) is 19.6. The number of pyridine rings is 1. The first-order chi connectivity index (χ1) is 11.8. The van der Waals surface area contributed by atoms with Gasteiger partial charge in [0.1, 0.15) is 4.90 Å². The minimum Gasteiger partial charge on any atom is -0.293 e. The Hall–Kier alpha value is -1.70. The summed E-state index contributed by atoms with van der Waals surface area (Å²) in [5.74, 6) is 0.0273. The number of rotatable bonds is 7. The summed E-state index contributed by atoms with van der Waals surface area (Å²) in [6, 6.07) is 10.8. The molecular weight excluding hydrogens is 356 g/mol.